The molecule has 0 amide bonds. The number of ether oxygens (including phenoxy) is 2. The first-order valence-electron chi connectivity index (χ1n) is 7.08. The van der Waals surface area contributed by atoms with Crippen molar-refractivity contribution in [2.24, 2.45) is 0 Å². The number of rotatable bonds is 4. The molecule has 0 unspecified atom stereocenters. The molecule has 0 saturated heterocycles. The molecule has 0 saturated carbocycles. The highest BCUT2D eigenvalue weighted by Crippen LogP contribution is 2.23. The van der Waals surface area contributed by atoms with E-state index in [9.17, 15) is 14.9 Å². The Hall–Kier alpha value is -3.39. The summed E-state index contributed by atoms with van der Waals surface area (Å²) in [6, 6.07) is 15.4. The predicted octanol–water partition coefficient (Wildman–Crippen LogP) is 3.06. The molecule has 0 bridgehead atoms. The SMILES string of the molecule is COC(=O)/C(=C/c1ccc(C(=O)OC)cc1)c1ccccc1C#N. The van der Waals surface area contributed by atoms with Crippen LogP contribution < -0.4 is 0 Å². The van der Waals surface area contributed by atoms with Gasteiger partial charge in [0.05, 0.1) is 37.0 Å². The third-order valence-corrected chi connectivity index (χ3v) is 3.39. The topological polar surface area (TPSA) is 76.4 Å². The Bertz CT molecular complexity index is 829. The lowest BCUT2D eigenvalue weighted by Gasteiger charge is -2.08. The largest absolute Gasteiger partial charge is 0.465 e. The molecule has 0 spiro atoms. The zero-order valence-electron chi connectivity index (χ0n) is 13.3. The van der Waals surface area contributed by atoms with E-state index in [1.54, 1.807) is 54.6 Å². The van der Waals surface area contributed by atoms with Crippen LogP contribution in [0.1, 0.15) is 27.0 Å². The van der Waals surface area contributed by atoms with Gasteiger partial charge in [-0.25, -0.2) is 9.59 Å². The number of nitriles is 1. The van der Waals surface area contributed by atoms with Crippen LogP contribution in [0.15, 0.2) is 48.5 Å². The Morgan fingerprint density at radius 1 is 1.00 bits per heavy atom. The van der Waals surface area contributed by atoms with Gasteiger partial charge in [0.1, 0.15) is 0 Å². The molecule has 0 heterocycles. The van der Waals surface area contributed by atoms with Crippen molar-refractivity contribution in [2.45, 2.75) is 0 Å². The van der Waals surface area contributed by atoms with Crippen LogP contribution in [0.3, 0.4) is 0 Å². The molecule has 0 fully saturated rings. The smallest absolute Gasteiger partial charge is 0.338 e. The molecule has 2 aromatic rings. The predicted molar refractivity (Wildman–Crippen MR) is 88.8 cm³/mol. The monoisotopic (exact) mass is 321 g/mol. The molecule has 2 rings (SSSR count). The molecule has 0 N–H and O–H groups in total. The molecule has 0 atom stereocenters. The van der Waals surface area contributed by atoms with Crippen LogP contribution >= 0.6 is 0 Å². The second-order valence-corrected chi connectivity index (χ2v) is 4.82. The van der Waals surface area contributed by atoms with Crippen molar-refractivity contribution in [3.05, 3.63) is 70.8 Å². The van der Waals surface area contributed by atoms with Crippen molar-refractivity contribution < 1.29 is 19.1 Å². The number of benzene rings is 2. The average molecular weight is 321 g/mol. The van der Waals surface area contributed by atoms with Crippen molar-refractivity contribution in [1.29, 1.82) is 5.26 Å². The summed E-state index contributed by atoms with van der Waals surface area (Å²) >= 11 is 0. The minimum atomic E-state index is -0.547. The highest BCUT2D eigenvalue weighted by molar-refractivity contribution is 6.22. The number of hydrogen-bond acceptors (Lipinski definition) is 5. The molecule has 0 aliphatic heterocycles. The van der Waals surface area contributed by atoms with Crippen LogP contribution in [-0.4, -0.2) is 26.2 Å². The van der Waals surface area contributed by atoms with Crippen molar-refractivity contribution in [1.82, 2.24) is 0 Å². The molecule has 24 heavy (non-hydrogen) atoms. The minimum Gasteiger partial charge on any atom is -0.465 e. The molecule has 5 nitrogen and oxygen atoms in total. The normalized spacial score (nSPS) is 10.6. The van der Waals surface area contributed by atoms with E-state index in [0.717, 1.165) is 0 Å². The summed E-state index contributed by atoms with van der Waals surface area (Å²) in [4.78, 5) is 23.6. The van der Waals surface area contributed by atoms with Gasteiger partial charge in [-0.2, -0.15) is 5.26 Å². The van der Waals surface area contributed by atoms with Crippen LogP contribution in [0, 0.1) is 11.3 Å². The second kappa shape index (κ2) is 7.75. The van der Waals surface area contributed by atoms with E-state index >= 15 is 0 Å². The number of methoxy groups -OCH3 is 2. The maximum atomic E-state index is 12.1. The van der Waals surface area contributed by atoms with E-state index in [4.69, 9.17) is 4.74 Å². The van der Waals surface area contributed by atoms with Gasteiger partial charge in [0.2, 0.25) is 0 Å². The lowest BCUT2D eigenvalue weighted by Crippen LogP contribution is -2.05. The maximum Gasteiger partial charge on any atom is 0.338 e. The summed E-state index contributed by atoms with van der Waals surface area (Å²) < 4.78 is 9.48. The molecule has 0 aromatic heterocycles. The molecule has 0 aliphatic rings. The van der Waals surface area contributed by atoms with E-state index in [-0.39, 0.29) is 5.57 Å². The van der Waals surface area contributed by atoms with Gasteiger partial charge in [-0.3, -0.25) is 0 Å². The first kappa shape index (κ1) is 17.0. The minimum absolute atomic E-state index is 0.264. The maximum absolute atomic E-state index is 12.1. The zero-order chi connectivity index (χ0) is 17.5. The van der Waals surface area contributed by atoms with Crippen molar-refractivity contribution in [3.8, 4) is 6.07 Å². The molecule has 2 aromatic carbocycles. The van der Waals surface area contributed by atoms with Gasteiger partial charge in [0.25, 0.3) is 0 Å². The highest BCUT2D eigenvalue weighted by Gasteiger charge is 2.16. The van der Waals surface area contributed by atoms with E-state index in [1.165, 1.54) is 14.2 Å². The summed E-state index contributed by atoms with van der Waals surface area (Å²) in [6.07, 6.45) is 1.61. The van der Waals surface area contributed by atoms with Crippen LogP contribution in [0.25, 0.3) is 11.6 Å². The quantitative estimate of drug-likeness (QED) is 0.491. The van der Waals surface area contributed by atoms with Gasteiger partial charge in [0.15, 0.2) is 0 Å². The Labute approximate surface area is 139 Å². The fraction of sp³-hybridized carbons (Fsp3) is 0.105. The van der Waals surface area contributed by atoms with E-state index in [2.05, 4.69) is 10.8 Å². The van der Waals surface area contributed by atoms with Crippen molar-refractivity contribution in [2.75, 3.05) is 14.2 Å². The van der Waals surface area contributed by atoms with Gasteiger partial charge in [-0.15, -0.1) is 0 Å². The summed E-state index contributed by atoms with van der Waals surface area (Å²) in [5.41, 5.74) is 2.23. The van der Waals surface area contributed by atoms with Gasteiger partial charge in [0, 0.05) is 5.56 Å². The fourth-order valence-corrected chi connectivity index (χ4v) is 2.17. The third kappa shape index (κ3) is 3.68. The molecular formula is C19H15NO4. The zero-order valence-corrected chi connectivity index (χ0v) is 13.3. The van der Waals surface area contributed by atoms with Crippen LogP contribution in [0.2, 0.25) is 0 Å². The highest BCUT2D eigenvalue weighted by atomic mass is 16.5. The Balaban J connectivity index is 2.49. The number of hydrogen-bond donors (Lipinski definition) is 0. The van der Waals surface area contributed by atoms with Gasteiger partial charge in [-0.1, -0.05) is 30.3 Å². The summed E-state index contributed by atoms with van der Waals surface area (Å²) in [5, 5.41) is 9.23. The van der Waals surface area contributed by atoms with Crippen LogP contribution in [0.4, 0.5) is 0 Å². The summed E-state index contributed by atoms with van der Waals surface area (Å²) in [5.74, 6) is -0.983. The van der Waals surface area contributed by atoms with E-state index in [1.807, 2.05) is 0 Å². The molecule has 5 heteroatoms. The van der Waals surface area contributed by atoms with Crippen LogP contribution in [0.5, 0.6) is 0 Å². The number of nitrogens with zero attached hydrogens (tertiary/aromatic N) is 1. The third-order valence-electron chi connectivity index (χ3n) is 3.39. The van der Waals surface area contributed by atoms with Crippen LogP contribution in [-0.2, 0) is 14.3 Å². The van der Waals surface area contributed by atoms with Gasteiger partial charge in [-0.05, 0) is 29.8 Å². The molecule has 120 valence electrons. The van der Waals surface area contributed by atoms with Crippen molar-refractivity contribution >= 4 is 23.6 Å². The fourth-order valence-electron chi connectivity index (χ4n) is 2.17. The first-order chi connectivity index (χ1) is 11.6. The first-order valence-corrected chi connectivity index (χ1v) is 7.08. The Morgan fingerprint density at radius 2 is 1.67 bits per heavy atom. The van der Waals surface area contributed by atoms with E-state index < -0.39 is 11.9 Å². The lowest BCUT2D eigenvalue weighted by molar-refractivity contribution is -0.133. The number of esters is 2. The van der Waals surface area contributed by atoms with Gasteiger partial charge < -0.3 is 9.47 Å². The average Bonchev–Trinajstić information content (AvgIpc) is 2.65. The number of carbonyl (C=O) groups excluding carboxylic acids is 2. The molecule has 0 radical (unpaired) electrons. The summed E-state index contributed by atoms with van der Waals surface area (Å²) in [6.45, 7) is 0. The van der Waals surface area contributed by atoms with Gasteiger partial charge >= 0.3 is 11.9 Å². The molecule has 0 aliphatic carbocycles. The Morgan fingerprint density at radius 3 is 2.25 bits per heavy atom. The van der Waals surface area contributed by atoms with E-state index in [0.29, 0.717) is 22.3 Å². The second-order valence-electron chi connectivity index (χ2n) is 4.82. The molecular weight excluding hydrogens is 306 g/mol. The lowest BCUT2D eigenvalue weighted by atomic mass is 9.98. The number of carbonyl (C=O) groups is 2. The van der Waals surface area contributed by atoms with Crippen molar-refractivity contribution in [3.63, 3.8) is 0 Å². The standard InChI is InChI=1S/C19H15NO4/c1-23-18(21)14-9-7-13(8-10-14)11-17(19(22)24-2)16-6-4-3-5-15(16)12-20/h3-11H,1-2H3/b17-11+. The Kier molecular flexibility index (Phi) is 5.48. The summed E-state index contributed by atoms with van der Waals surface area (Å²) in [7, 11) is 2.59.